The molecular weight excluding hydrogens is 312 g/mol. The fraction of sp³-hybridized carbons (Fsp3) is 0.438. The van der Waals surface area contributed by atoms with E-state index in [0.29, 0.717) is 19.7 Å². The van der Waals surface area contributed by atoms with Crippen molar-refractivity contribution in [2.75, 3.05) is 20.2 Å². The zero-order valence-corrected chi connectivity index (χ0v) is 13.3. The summed E-state index contributed by atoms with van der Waals surface area (Å²) < 4.78 is 12.8. The van der Waals surface area contributed by atoms with Gasteiger partial charge in [-0.3, -0.25) is 4.79 Å². The van der Waals surface area contributed by atoms with E-state index >= 15 is 0 Å². The minimum atomic E-state index is -0.225. The summed E-state index contributed by atoms with van der Waals surface area (Å²) in [5.41, 5.74) is 1.15. The number of amides is 1. The van der Waals surface area contributed by atoms with Crippen molar-refractivity contribution in [3.8, 4) is 11.5 Å². The number of ether oxygens (including phenoxy) is 2. The van der Waals surface area contributed by atoms with Gasteiger partial charge in [0.25, 0.3) is 5.91 Å². The maximum atomic E-state index is 12.8. The van der Waals surface area contributed by atoms with Crippen LogP contribution in [0.5, 0.6) is 11.5 Å². The number of carbonyl (C=O) groups is 1. The van der Waals surface area contributed by atoms with Gasteiger partial charge in [0.15, 0.2) is 11.5 Å². The van der Waals surface area contributed by atoms with Crippen molar-refractivity contribution < 1.29 is 19.4 Å². The predicted molar refractivity (Wildman–Crippen MR) is 82.8 cm³/mol. The molecule has 2 aliphatic rings. The Labute approximate surface area is 138 Å². The van der Waals surface area contributed by atoms with Gasteiger partial charge >= 0.3 is 0 Å². The van der Waals surface area contributed by atoms with Crippen LogP contribution in [0.15, 0.2) is 24.4 Å². The largest absolute Gasteiger partial charge is 0.504 e. The molecule has 1 saturated heterocycles. The number of para-hydroxylation sites is 1. The lowest BCUT2D eigenvalue weighted by molar-refractivity contribution is -0.0605. The van der Waals surface area contributed by atoms with Crippen molar-refractivity contribution in [1.82, 2.24) is 19.9 Å². The van der Waals surface area contributed by atoms with Crippen LogP contribution in [0.2, 0.25) is 0 Å². The molecule has 2 aliphatic heterocycles. The molecule has 0 aliphatic carbocycles. The SMILES string of the molecule is COc1cccc(C(=O)N2CC[C@H]3OCc4cnnn4[C@H]3C2)c1O. The Morgan fingerprint density at radius 1 is 1.46 bits per heavy atom. The lowest BCUT2D eigenvalue weighted by Crippen LogP contribution is -2.49. The number of rotatable bonds is 2. The van der Waals surface area contributed by atoms with E-state index in [1.165, 1.54) is 7.11 Å². The summed E-state index contributed by atoms with van der Waals surface area (Å²) in [6.45, 7) is 1.54. The average Bonchev–Trinajstić information content (AvgIpc) is 3.10. The van der Waals surface area contributed by atoms with E-state index in [1.807, 2.05) is 4.68 Å². The van der Waals surface area contributed by atoms with Gasteiger partial charge in [0.05, 0.1) is 43.3 Å². The molecule has 126 valence electrons. The number of phenolic OH excluding ortho intramolecular Hbond substituents is 1. The molecule has 2 atom stereocenters. The van der Waals surface area contributed by atoms with Crippen LogP contribution >= 0.6 is 0 Å². The standard InChI is InChI=1S/C16H18N4O4/c1-23-14-4-2-3-11(15(14)21)16(22)19-6-5-13-12(8-19)20-10(9-24-13)7-17-18-20/h2-4,7,12-13,21H,5-6,8-9H2,1H3/t12-,13+/m0/s1. The highest BCUT2D eigenvalue weighted by Crippen LogP contribution is 2.34. The Morgan fingerprint density at radius 3 is 3.17 bits per heavy atom. The summed E-state index contributed by atoms with van der Waals surface area (Å²) in [6, 6.07) is 4.86. The number of fused-ring (bicyclic) bond motifs is 3. The van der Waals surface area contributed by atoms with Crippen molar-refractivity contribution in [2.45, 2.75) is 25.2 Å². The van der Waals surface area contributed by atoms with Crippen LogP contribution in [-0.4, -0.2) is 57.2 Å². The summed E-state index contributed by atoms with van der Waals surface area (Å²) >= 11 is 0. The summed E-state index contributed by atoms with van der Waals surface area (Å²) in [6.07, 6.45) is 2.44. The van der Waals surface area contributed by atoms with Crippen molar-refractivity contribution >= 4 is 5.91 Å². The smallest absolute Gasteiger partial charge is 0.257 e. The Morgan fingerprint density at radius 2 is 2.33 bits per heavy atom. The highest BCUT2D eigenvalue weighted by molar-refractivity contribution is 5.97. The number of nitrogens with zero attached hydrogens (tertiary/aromatic N) is 4. The zero-order valence-electron chi connectivity index (χ0n) is 13.3. The first kappa shape index (κ1) is 14.9. The number of methoxy groups -OCH3 is 1. The Hall–Kier alpha value is -2.61. The fourth-order valence-corrected chi connectivity index (χ4v) is 3.39. The number of aromatic nitrogens is 3. The van der Waals surface area contributed by atoms with Crippen LogP contribution in [0.1, 0.15) is 28.5 Å². The quantitative estimate of drug-likeness (QED) is 0.883. The lowest BCUT2D eigenvalue weighted by Gasteiger charge is -2.41. The number of piperidine rings is 1. The normalized spacial score (nSPS) is 22.6. The first-order valence-electron chi connectivity index (χ1n) is 7.85. The number of benzene rings is 1. The first-order valence-corrected chi connectivity index (χ1v) is 7.85. The van der Waals surface area contributed by atoms with Crippen LogP contribution in [0.4, 0.5) is 0 Å². The van der Waals surface area contributed by atoms with E-state index in [2.05, 4.69) is 10.3 Å². The molecule has 0 spiro atoms. The third kappa shape index (κ3) is 2.30. The maximum absolute atomic E-state index is 12.8. The Bertz CT molecular complexity index is 775. The van der Waals surface area contributed by atoms with E-state index in [4.69, 9.17) is 9.47 Å². The number of likely N-dealkylation sites (tertiary alicyclic amines) is 1. The predicted octanol–water partition coefficient (Wildman–Crippen LogP) is 0.978. The summed E-state index contributed by atoms with van der Waals surface area (Å²) in [4.78, 5) is 14.6. The van der Waals surface area contributed by atoms with Crippen molar-refractivity contribution in [1.29, 1.82) is 0 Å². The second kappa shape index (κ2) is 5.79. The molecule has 4 rings (SSSR count). The van der Waals surface area contributed by atoms with E-state index in [-0.39, 0.29) is 35.1 Å². The topological polar surface area (TPSA) is 89.7 Å². The minimum Gasteiger partial charge on any atom is -0.504 e. The number of aromatic hydroxyl groups is 1. The van der Waals surface area contributed by atoms with Gasteiger partial charge in [-0.25, -0.2) is 4.68 Å². The number of phenols is 1. The molecule has 2 aromatic rings. The second-order valence-corrected chi connectivity index (χ2v) is 5.98. The molecule has 0 bridgehead atoms. The molecule has 1 aromatic heterocycles. The monoisotopic (exact) mass is 330 g/mol. The highest BCUT2D eigenvalue weighted by atomic mass is 16.5. The molecular formula is C16H18N4O4. The molecule has 1 amide bonds. The van der Waals surface area contributed by atoms with E-state index in [1.54, 1.807) is 29.3 Å². The van der Waals surface area contributed by atoms with E-state index in [0.717, 1.165) is 12.1 Å². The third-order valence-corrected chi connectivity index (χ3v) is 4.67. The third-order valence-electron chi connectivity index (χ3n) is 4.67. The summed E-state index contributed by atoms with van der Waals surface area (Å²) in [5.74, 6) is -0.0687. The molecule has 0 unspecified atom stereocenters. The van der Waals surface area contributed by atoms with Gasteiger partial charge in [-0.15, -0.1) is 5.10 Å². The maximum Gasteiger partial charge on any atom is 0.257 e. The van der Waals surface area contributed by atoms with Crippen LogP contribution in [0.3, 0.4) is 0 Å². The number of hydrogen-bond donors (Lipinski definition) is 1. The van der Waals surface area contributed by atoms with Gasteiger partial charge in [0.2, 0.25) is 0 Å². The summed E-state index contributed by atoms with van der Waals surface area (Å²) in [5, 5.41) is 18.3. The van der Waals surface area contributed by atoms with Gasteiger partial charge in [0, 0.05) is 13.1 Å². The van der Waals surface area contributed by atoms with Crippen molar-refractivity contribution in [3.05, 3.63) is 35.7 Å². The minimum absolute atomic E-state index is 0.0298. The lowest BCUT2D eigenvalue weighted by atomic mass is 9.99. The average molecular weight is 330 g/mol. The molecule has 8 heteroatoms. The van der Waals surface area contributed by atoms with Crippen LogP contribution in [0, 0.1) is 0 Å². The van der Waals surface area contributed by atoms with Crippen molar-refractivity contribution in [2.24, 2.45) is 0 Å². The Kier molecular flexibility index (Phi) is 3.61. The van der Waals surface area contributed by atoms with E-state index in [9.17, 15) is 9.90 Å². The molecule has 3 heterocycles. The van der Waals surface area contributed by atoms with Gasteiger partial charge in [-0.2, -0.15) is 0 Å². The first-order chi connectivity index (χ1) is 11.7. The van der Waals surface area contributed by atoms with Gasteiger partial charge < -0.3 is 19.5 Å². The zero-order chi connectivity index (χ0) is 16.7. The second-order valence-electron chi connectivity index (χ2n) is 5.98. The van der Waals surface area contributed by atoms with Gasteiger partial charge in [0.1, 0.15) is 0 Å². The highest BCUT2D eigenvalue weighted by Gasteiger charge is 2.38. The van der Waals surface area contributed by atoms with Gasteiger partial charge in [-0.05, 0) is 18.6 Å². The molecule has 0 radical (unpaired) electrons. The molecule has 1 N–H and O–H groups in total. The van der Waals surface area contributed by atoms with E-state index < -0.39 is 0 Å². The van der Waals surface area contributed by atoms with Crippen LogP contribution in [0.25, 0.3) is 0 Å². The van der Waals surface area contributed by atoms with Gasteiger partial charge in [-0.1, -0.05) is 11.3 Å². The fourth-order valence-electron chi connectivity index (χ4n) is 3.39. The number of carbonyl (C=O) groups excluding carboxylic acids is 1. The molecule has 24 heavy (non-hydrogen) atoms. The van der Waals surface area contributed by atoms with Crippen LogP contribution < -0.4 is 4.74 Å². The number of hydrogen-bond acceptors (Lipinski definition) is 6. The van der Waals surface area contributed by atoms with Crippen LogP contribution in [-0.2, 0) is 11.3 Å². The molecule has 1 aromatic carbocycles. The molecule has 8 nitrogen and oxygen atoms in total. The Balaban J connectivity index is 1.60. The van der Waals surface area contributed by atoms with Crippen molar-refractivity contribution in [3.63, 3.8) is 0 Å². The molecule has 1 fully saturated rings. The molecule has 0 saturated carbocycles. The summed E-state index contributed by atoms with van der Waals surface area (Å²) in [7, 11) is 1.46.